The van der Waals surface area contributed by atoms with Gasteiger partial charge in [-0.25, -0.2) is 4.98 Å². The van der Waals surface area contributed by atoms with Gasteiger partial charge in [-0.1, -0.05) is 30.3 Å². The first-order chi connectivity index (χ1) is 12.9. The molecule has 1 aromatic heterocycles. The number of likely N-dealkylation sites (tertiary alicyclic amines) is 1. The molecule has 144 valence electrons. The average Bonchev–Trinajstić information content (AvgIpc) is 3.11. The number of halogens is 1. The number of fused-ring (bicyclic) bond motifs is 1. The predicted molar refractivity (Wildman–Crippen MR) is 98.6 cm³/mol. The standard InChI is InChI=1S/C21H25FN2O3/c22-20-18(25)7-6-17(23-20)19(26)13-24-11-15-9-21(27,10-16(15)12-24)8-14-4-2-1-3-5-14/h1-7,15-16,19,25-27H,8-13H2/t15-,16?,19?,21?/m1/s1. The minimum Gasteiger partial charge on any atom is -0.504 e. The Morgan fingerprint density at radius 1 is 1.11 bits per heavy atom. The zero-order valence-corrected chi connectivity index (χ0v) is 15.1. The number of aliphatic hydroxyl groups is 2. The van der Waals surface area contributed by atoms with E-state index in [0.717, 1.165) is 31.5 Å². The number of β-amino-alcohol motifs (C(OH)–C–C–N with tert-alkyl or cyclic N) is 1. The van der Waals surface area contributed by atoms with Crippen molar-refractivity contribution in [3.05, 3.63) is 59.7 Å². The third-order valence-corrected chi connectivity index (χ3v) is 5.94. The summed E-state index contributed by atoms with van der Waals surface area (Å²) in [5.74, 6) is -0.652. The Bertz CT molecular complexity index is 787. The Hall–Kier alpha value is -2.02. The highest BCUT2D eigenvalue weighted by Crippen LogP contribution is 2.45. The van der Waals surface area contributed by atoms with Crippen molar-refractivity contribution in [1.29, 1.82) is 0 Å². The van der Waals surface area contributed by atoms with E-state index in [9.17, 15) is 19.7 Å². The van der Waals surface area contributed by atoms with Gasteiger partial charge in [-0.05, 0) is 42.4 Å². The third kappa shape index (κ3) is 3.98. The number of pyridine rings is 1. The van der Waals surface area contributed by atoms with Gasteiger partial charge in [0.2, 0.25) is 0 Å². The molecular formula is C21H25FN2O3. The predicted octanol–water partition coefficient (Wildman–Crippen LogP) is 2.28. The lowest BCUT2D eigenvalue weighted by atomic mass is 9.91. The molecule has 6 heteroatoms. The van der Waals surface area contributed by atoms with Crippen LogP contribution in [0.5, 0.6) is 5.75 Å². The van der Waals surface area contributed by atoms with Crippen molar-refractivity contribution in [2.75, 3.05) is 19.6 Å². The van der Waals surface area contributed by atoms with E-state index in [1.54, 1.807) is 0 Å². The highest BCUT2D eigenvalue weighted by atomic mass is 19.1. The fraction of sp³-hybridized carbons (Fsp3) is 0.476. The van der Waals surface area contributed by atoms with Crippen LogP contribution in [0, 0.1) is 17.8 Å². The molecular weight excluding hydrogens is 347 g/mol. The number of aromatic nitrogens is 1. The summed E-state index contributed by atoms with van der Waals surface area (Å²) in [6.45, 7) is 2.01. The molecule has 1 aromatic carbocycles. The molecule has 1 saturated heterocycles. The van der Waals surface area contributed by atoms with Gasteiger partial charge in [0, 0.05) is 26.1 Å². The lowest BCUT2D eigenvalue weighted by Gasteiger charge is -2.27. The van der Waals surface area contributed by atoms with Gasteiger partial charge in [0.05, 0.1) is 11.3 Å². The number of rotatable bonds is 5. The molecule has 4 atom stereocenters. The van der Waals surface area contributed by atoms with Crippen molar-refractivity contribution in [3.63, 3.8) is 0 Å². The highest BCUT2D eigenvalue weighted by molar-refractivity contribution is 5.21. The zero-order chi connectivity index (χ0) is 19.0. The largest absolute Gasteiger partial charge is 0.504 e. The summed E-state index contributed by atoms with van der Waals surface area (Å²) in [4.78, 5) is 5.78. The van der Waals surface area contributed by atoms with Crippen LogP contribution in [0.4, 0.5) is 4.39 Å². The smallest absolute Gasteiger partial charge is 0.255 e. The van der Waals surface area contributed by atoms with Crippen LogP contribution in [0.15, 0.2) is 42.5 Å². The molecule has 0 spiro atoms. The summed E-state index contributed by atoms with van der Waals surface area (Å²) in [7, 11) is 0. The molecule has 1 aliphatic carbocycles. The molecule has 3 N–H and O–H groups in total. The summed E-state index contributed by atoms with van der Waals surface area (Å²) in [6, 6.07) is 12.7. The lowest BCUT2D eigenvalue weighted by molar-refractivity contribution is 0.0326. The molecule has 0 bridgehead atoms. The summed E-state index contributed by atoms with van der Waals surface area (Å²) in [5.41, 5.74) is 0.735. The molecule has 4 rings (SSSR count). The SMILES string of the molecule is Oc1ccc(C(O)CN2CC3CC(O)(Cc4ccccc4)C[C@@H]3C2)nc1F. The van der Waals surface area contributed by atoms with Gasteiger partial charge in [-0.3, -0.25) is 4.90 Å². The second-order valence-corrected chi connectivity index (χ2v) is 8.10. The van der Waals surface area contributed by atoms with E-state index in [2.05, 4.69) is 22.0 Å². The van der Waals surface area contributed by atoms with E-state index in [1.807, 2.05) is 18.2 Å². The minimum absolute atomic E-state index is 0.225. The monoisotopic (exact) mass is 372 g/mol. The summed E-state index contributed by atoms with van der Waals surface area (Å²) < 4.78 is 13.4. The molecule has 2 heterocycles. The lowest BCUT2D eigenvalue weighted by Crippen LogP contribution is -2.33. The quantitative estimate of drug-likeness (QED) is 0.702. The fourth-order valence-corrected chi connectivity index (χ4v) is 4.79. The Balaban J connectivity index is 1.33. The van der Waals surface area contributed by atoms with Gasteiger partial charge >= 0.3 is 0 Å². The van der Waals surface area contributed by atoms with Gasteiger partial charge in [-0.2, -0.15) is 4.39 Å². The van der Waals surface area contributed by atoms with Gasteiger partial charge in [0.25, 0.3) is 5.95 Å². The molecule has 2 aliphatic rings. The van der Waals surface area contributed by atoms with Crippen molar-refractivity contribution in [1.82, 2.24) is 9.88 Å². The van der Waals surface area contributed by atoms with Crippen LogP contribution >= 0.6 is 0 Å². The van der Waals surface area contributed by atoms with E-state index >= 15 is 0 Å². The number of hydrogen-bond acceptors (Lipinski definition) is 5. The number of nitrogens with zero attached hydrogens (tertiary/aromatic N) is 2. The van der Waals surface area contributed by atoms with Crippen molar-refractivity contribution >= 4 is 0 Å². The second-order valence-electron chi connectivity index (χ2n) is 8.10. The maximum Gasteiger partial charge on any atom is 0.255 e. The van der Waals surface area contributed by atoms with Gasteiger partial charge < -0.3 is 15.3 Å². The van der Waals surface area contributed by atoms with Crippen molar-refractivity contribution in [2.45, 2.75) is 31.0 Å². The Labute approximate surface area is 158 Å². The topological polar surface area (TPSA) is 76.8 Å². The van der Waals surface area contributed by atoms with Crippen LogP contribution < -0.4 is 0 Å². The van der Waals surface area contributed by atoms with Crippen molar-refractivity contribution in [3.8, 4) is 5.75 Å². The Morgan fingerprint density at radius 3 is 2.41 bits per heavy atom. The molecule has 1 aliphatic heterocycles. The van der Waals surface area contributed by atoms with E-state index in [1.165, 1.54) is 12.1 Å². The second kappa shape index (κ2) is 7.19. The highest BCUT2D eigenvalue weighted by Gasteiger charge is 2.48. The summed E-state index contributed by atoms with van der Waals surface area (Å²) >= 11 is 0. The first-order valence-electron chi connectivity index (χ1n) is 9.44. The average molecular weight is 372 g/mol. The van der Waals surface area contributed by atoms with Crippen LogP contribution in [0.3, 0.4) is 0 Å². The minimum atomic E-state index is -0.962. The molecule has 0 amide bonds. The molecule has 3 unspecified atom stereocenters. The number of aromatic hydroxyl groups is 1. The molecule has 2 aromatic rings. The number of benzene rings is 1. The molecule has 27 heavy (non-hydrogen) atoms. The third-order valence-electron chi connectivity index (χ3n) is 5.94. The van der Waals surface area contributed by atoms with Gasteiger partial charge in [0.1, 0.15) is 6.10 Å². The van der Waals surface area contributed by atoms with Crippen LogP contribution in [-0.2, 0) is 6.42 Å². The Morgan fingerprint density at radius 2 is 1.78 bits per heavy atom. The number of hydrogen-bond donors (Lipinski definition) is 3. The summed E-state index contributed by atoms with van der Waals surface area (Å²) in [6.07, 6.45) is 1.32. The van der Waals surface area contributed by atoms with Crippen molar-refractivity contribution < 1.29 is 19.7 Å². The normalized spacial score (nSPS) is 29.0. The number of aliphatic hydroxyl groups excluding tert-OH is 1. The van der Waals surface area contributed by atoms with Crippen LogP contribution in [0.25, 0.3) is 0 Å². The molecule has 2 fully saturated rings. The zero-order valence-electron chi connectivity index (χ0n) is 15.1. The molecule has 5 nitrogen and oxygen atoms in total. The van der Waals surface area contributed by atoms with E-state index in [4.69, 9.17) is 0 Å². The van der Waals surface area contributed by atoms with Crippen LogP contribution in [-0.4, -0.2) is 50.4 Å². The molecule has 1 saturated carbocycles. The van der Waals surface area contributed by atoms with Crippen molar-refractivity contribution in [2.24, 2.45) is 11.8 Å². The van der Waals surface area contributed by atoms with E-state index in [0.29, 0.717) is 24.8 Å². The van der Waals surface area contributed by atoms with E-state index in [-0.39, 0.29) is 5.69 Å². The maximum absolute atomic E-state index is 13.4. The summed E-state index contributed by atoms with van der Waals surface area (Å²) in [5, 5.41) is 30.6. The maximum atomic E-state index is 13.4. The Kier molecular flexibility index (Phi) is 4.88. The molecule has 0 radical (unpaired) electrons. The van der Waals surface area contributed by atoms with E-state index < -0.39 is 23.4 Å². The van der Waals surface area contributed by atoms with Crippen LogP contribution in [0.1, 0.15) is 30.2 Å². The van der Waals surface area contributed by atoms with Gasteiger partial charge in [0.15, 0.2) is 5.75 Å². The first kappa shape index (κ1) is 18.3. The fourth-order valence-electron chi connectivity index (χ4n) is 4.79. The van der Waals surface area contributed by atoms with Gasteiger partial charge in [-0.15, -0.1) is 0 Å². The first-order valence-corrected chi connectivity index (χ1v) is 9.44. The van der Waals surface area contributed by atoms with Crippen LogP contribution in [0.2, 0.25) is 0 Å².